The Kier molecular flexibility index (Phi) is 6.32. The van der Waals surface area contributed by atoms with Gasteiger partial charge in [-0.2, -0.15) is 0 Å². The molecule has 0 unspecified atom stereocenters. The molecule has 1 aromatic heterocycles. The highest BCUT2D eigenvalue weighted by Crippen LogP contribution is 2.22. The van der Waals surface area contributed by atoms with Crippen molar-refractivity contribution in [3.05, 3.63) is 36.2 Å². The van der Waals surface area contributed by atoms with Crippen LogP contribution in [-0.4, -0.2) is 69.5 Å². The summed E-state index contributed by atoms with van der Waals surface area (Å²) in [7, 11) is 2.11. The Morgan fingerprint density at radius 1 is 1.15 bits per heavy atom. The first-order valence-electron chi connectivity index (χ1n) is 9.14. The van der Waals surface area contributed by atoms with E-state index in [0.29, 0.717) is 11.7 Å². The fourth-order valence-electron chi connectivity index (χ4n) is 3.03. The summed E-state index contributed by atoms with van der Waals surface area (Å²) in [5.74, 6) is 1.08. The fourth-order valence-corrected chi connectivity index (χ4v) is 3.86. The molecule has 26 heavy (non-hydrogen) atoms. The maximum absolute atomic E-state index is 12.5. The zero-order valence-corrected chi connectivity index (χ0v) is 16.6. The molecule has 0 bridgehead atoms. The number of carbonyl (C=O) groups excluding carboxylic acids is 1. The molecule has 2 aromatic rings. The Balaban J connectivity index is 1.62. The van der Waals surface area contributed by atoms with Crippen LogP contribution in [0.4, 0.5) is 0 Å². The molecule has 0 aliphatic carbocycles. The van der Waals surface area contributed by atoms with Gasteiger partial charge in [0.05, 0.1) is 5.75 Å². The highest BCUT2D eigenvalue weighted by molar-refractivity contribution is 7.99. The van der Waals surface area contributed by atoms with Crippen molar-refractivity contribution in [2.24, 2.45) is 0 Å². The van der Waals surface area contributed by atoms with Gasteiger partial charge in [-0.1, -0.05) is 37.7 Å². The molecular weight excluding hydrogens is 346 g/mol. The molecule has 0 N–H and O–H groups in total. The minimum absolute atomic E-state index is 0.176. The van der Waals surface area contributed by atoms with E-state index in [1.54, 1.807) is 6.33 Å². The number of amides is 1. The minimum atomic E-state index is 0.176. The first-order valence-corrected chi connectivity index (χ1v) is 10.1. The molecule has 1 aromatic carbocycles. The van der Waals surface area contributed by atoms with Crippen molar-refractivity contribution in [1.82, 2.24) is 24.6 Å². The second kappa shape index (κ2) is 8.68. The van der Waals surface area contributed by atoms with Crippen LogP contribution in [0.2, 0.25) is 0 Å². The van der Waals surface area contributed by atoms with Gasteiger partial charge in [0.2, 0.25) is 5.91 Å². The monoisotopic (exact) mass is 373 g/mol. The largest absolute Gasteiger partial charge is 0.341 e. The van der Waals surface area contributed by atoms with E-state index in [1.807, 2.05) is 9.47 Å². The van der Waals surface area contributed by atoms with Gasteiger partial charge >= 0.3 is 0 Å². The van der Waals surface area contributed by atoms with Crippen LogP contribution in [0.3, 0.4) is 0 Å². The van der Waals surface area contributed by atoms with Gasteiger partial charge in [0.25, 0.3) is 0 Å². The van der Waals surface area contributed by atoms with Crippen molar-refractivity contribution in [2.75, 3.05) is 39.0 Å². The predicted molar refractivity (Wildman–Crippen MR) is 105 cm³/mol. The number of rotatable bonds is 5. The average molecular weight is 374 g/mol. The third kappa shape index (κ3) is 4.65. The second-order valence-corrected chi connectivity index (χ2v) is 8.00. The van der Waals surface area contributed by atoms with Crippen LogP contribution in [0.25, 0.3) is 5.69 Å². The van der Waals surface area contributed by atoms with Crippen molar-refractivity contribution in [3.8, 4) is 5.69 Å². The summed E-state index contributed by atoms with van der Waals surface area (Å²) in [5.41, 5.74) is 2.32. The van der Waals surface area contributed by atoms with E-state index in [9.17, 15) is 4.79 Å². The van der Waals surface area contributed by atoms with Crippen molar-refractivity contribution in [1.29, 1.82) is 0 Å². The fraction of sp³-hybridized carbons (Fsp3) is 0.526. The van der Waals surface area contributed by atoms with E-state index < -0.39 is 0 Å². The first kappa shape index (κ1) is 18.9. The molecule has 6 nitrogen and oxygen atoms in total. The predicted octanol–water partition coefficient (Wildman–Crippen LogP) is 2.65. The van der Waals surface area contributed by atoms with E-state index in [4.69, 9.17) is 0 Å². The van der Waals surface area contributed by atoms with Crippen LogP contribution in [-0.2, 0) is 4.79 Å². The molecule has 2 heterocycles. The number of hydrogen-bond acceptors (Lipinski definition) is 5. The van der Waals surface area contributed by atoms with Crippen LogP contribution in [0.1, 0.15) is 31.7 Å². The lowest BCUT2D eigenvalue weighted by atomic mass is 10.0. The van der Waals surface area contributed by atoms with Crippen molar-refractivity contribution < 1.29 is 4.79 Å². The van der Waals surface area contributed by atoms with E-state index in [-0.39, 0.29) is 5.91 Å². The number of carbonyl (C=O) groups is 1. The van der Waals surface area contributed by atoms with Gasteiger partial charge in [0, 0.05) is 25.3 Å². The van der Waals surface area contributed by atoms with E-state index in [2.05, 4.69) is 60.3 Å². The lowest BCUT2D eigenvalue weighted by Crippen LogP contribution is -2.35. The molecule has 140 valence electrons. The van der Waals surface area contributed by atoms with E-state index in [1.165, 1.54) is 17.3 Å². The zero-order chi connectivity index (χ0) is 18.5. The number of benzene rings is 1. The molecule has 1 fully saturated rings. The lowest BCUT2D eigenvalue weighted by molar-refractivity contribution is -0.128. The number of thioether (sulfide) groups is 1. The maximum atomic E-state index is 12.5. The third-order valence-corrected chi connectivity index (χ3v) is 5.68. The van der Waals surface area contributed by atoms with Gasteiger partial charge in [0.15, 0.2) is 5.16 Å². The SMILES string of the molecule is CC(C)c1ccc(-n2cnnc2SCC(=O)N2CCCN(C)CC2)cc1. The van der Waals surface area contributed by atoms with Crippen molar-refractivity contribution in [2.45, 2.75) is 31.3 Å². The van der Waals surface area contributed by atoms with E-state index in [0.717, 1.165) is 43.4 Å². The molecule has 0 spiro atoms. The van der Waals surface area contributed by atoms with Crippen molar-refractivity contribution in [3.63, 3.8) is 0 Å². The van der Waals surface area contributed by atoms with Crippen LogP contribution >= 0.6 is 11.8 Å². The summed E-state index contributed by atoms with van der Waals surface area (Å²) >= 11 is 1.45. The minimum Gasteiger partial charge on any atom is -0.341 e. The molecule has 1 saturated heterocycles. The van der Waals surface area contributed by atoms with Gasteiger partial charge in [-0.25, -0.2) is 0 Å². The first-order chi connectivity index (χ1) is 12.5. The average Bonchev–Trinajstić information content (AvgIpc) is 3.00. The van der Waals surface area contributed by atoms with Crippen LogP contribution in [0.5, 0.6) is 0 Å². The molecule has 7 heteroatoms. The molecule has 0 radical (unpaired) electrons. The summed E-state index contributed by atoms with van der Waals surface area (Å²) in [5, 5.41) is 8.98. The molecule has 1 amide bonds. The summed E-state index contributed by atoms with van der Waals surface area (Å²) in [4.78, 5) is 16.8. The summed E-state index contributed by atoms with van der Waals surface area (Å²) < 4.78 is 1.94. The number of hydrogen-bond donors (Lipinski definition) is 0. The summed E-state index contributed by atoms with van der Waals surface area (Å²) in [6.07, 6.45) is 2.74. The Morgan fingerprint density at radius 2 is 1.92 bits per heavy atom. The van der Waals surface area contributed by atoms with Crippen LogP contribution in [0.15, 0.2) is 35.7 Å². The quantitative estimate of drug-likeness (QED) is 0.754. The number of aromatic nitrogens is 3. The van der Waals surface area contributed by atoms with Gasteiger partial charge in [-0.05, 0) is 43.6 Å². The molecular formula is C19H27N5OS. The number of likely N-dealkylation sites (N-methyl/N-ethyl adjacent to an activating group) is 1. The molecule has 0 saturated carbocycles. The third-order valence-electron chi connectivity index (χ3n) is 4.75. The van der Waals surface area contributed by atoms with E-state index >= 15 is 0 Å². The Labute approximate surface area is 159 Å². The zero-order valence-electron chi connectivity index (χ0n) is 15.8. The van der Waals surface area contributed by atoms with Crippen LogP contribution in [0, 0.1) is 0 Å². The Morgan fingerprint density at radius 3 is 2.65 bits per heavy atom. The smallest absolute Gasteiger partial charge is 0.233 e. The molecule has 0 atom stereocenters. The molecule has 3 rings (SSSR count). The van der Waals surface area contributed by atoms with Crippen molar-refractivity contribution >= 4 is 17.7 Å². The normalized spacial score (nSPS) is 16.1. The second-order valence-electron chi connectivity index (χ2n) is 7.06. The van der Waals surface area contributed by atoms with Gasteiger partial charge in [-0.3, -0.25) is 9.36 Å². The lowest BCUT2D eigenvalue weighted by Gasteiger charge is -2.20. The number of nitrogens with zero attached hydrogens (tertiary/aromatic N) is 5. The van der Waals surface area contributed by atoms with Crippen LogP contribution < -0.4 is 0 Å². The molecule has 1 aliphatic heterocycles. The Hall–Kier alpha value is -1.86. The summed E-state index contributed by atoms with van der Waals surface area (Å²) in [6.45, 7) is 8.00. The summed E-state index contributed by atoms with van der Waals surface area (Å²) in [6, 6.07) is 8.42. The van der Waals surface area contributed by atoms with Gasteiger partial charge < -0.3 is 9.80 Å². The maximum Gasteiger partial charge on any atom is 0.233 e. The molecule has 1 aliphatic rings. The standard InChI is InChI=1S/C19H27N5OS/c1-15(2)16-5-7-17(8-6-16)24-14-20-21-19(24)26-13-18(25)23-10-4-9-22(3)11-12-23/h5-8,14-15H,4,9-13H2,1-3H3. The highest BCUT2D eigenvalue weighted by Gasteiger charge is 2.18. The van der Waals surface area contributed by atoms with Gasteiger partial charge in [0.1, 0.15) is 6.33 Å². The highest BCUT2D eigenvalue weighted by atomic mass is 32.2. The van der Waals surface area contributed by atoms with Gasteiger partial charge in [-0.15, -0.1) is 10.2 Å². The Bertz CT molecular complexity index is 728. The topological polar surface area (TPSA) is 54.3 Å².